The summed E-state index contributed by atoms with van der Waals surface area (Å²) < 4.78 is 10.7. The number of hydrogen-bond acceptors (Lipinski definition) is 3. The third-order valence-electron chi connectivity index (χ3n) is 4.86. The maximum Gasteiger partial charge on any atom is 0.278 e. The highest BCUT2D eigenvalue weighted by molar-refractivity contribution is 5.79. The van der Waals surface area contributed by atoms with Crippen molar-refractivity contribution in [2.45, 2.75) is 26.4 Å². The van der Waals surface area contributed by atoms with Crippen LogP contribution in [0.15, 0.2) is 18.2 Å². The molecule has 0 aromatic heterocycles. The summed E-state index contributed by atoms with van der Waals surface area (Å²) >= 11 is 0. The first-order valence-corrected chi connectivity index (χ1v) is 8.75. The molecule has 0 spiro atoms. The molecular formula is C18H31N3O3+2. The first-order chi connectivity index (χ1) is 11.6. The lowest BCUT2D eigenvalue weighted by Gasteiger charge is -2.32. The normalized spacial score (nSPS) is 21.8. The topological polar surface area (TPSA) is 56.4 Å². The summed E-state index contributed by atoms with van der Waals surface area (Å²) in [7, 11) is 3.32. The van der Waals surface area contributed by atoms with E-state index < -0.39 is 0 Å². The third kappa shape index (κ3) is 4.61. The van der Waals surface area contributed by atoms with Crippen molar-refractivity contribution in [1.82, 2.24) is 5.32 Å². The molecule has 1 aromatic rings. The Morgan fingerprint density at radius 1 is 1.17 bits per heavy atom. The van der Waals surface area contributed by atoms with Gasteiger partial charge in [0.2, 0.25) is 0 Å². The van der Waals surface area contributed by atoms with Crippen LogP contribution in [0.2, 0.25) is 0 Å². The van der Waals surface area contributed by atoms with Gasteiger partial charge in [0.15, 0.2) is 17.5 Å². The molecule has 0 aliphatic carbocycles. The summed E-state index contributed by atoms with van der Waals surface area (Å²) in [5.41, 5.74) is 1.25. The molecule has 0 bridgehead atoms. The van der Waals surface area contributed by atoms with Gasteiger partial charge in [0, 0.05) is 12.1 Å². The molecule has 6 heteroatoms. The molecule has 1 fully saturated rings. The van der Waals surface area contributed by atoms with Gasteiger partial charge in [0.1, 0.15) is 32.7 Å². The summed E-state index contributed by atoms with van der Waals surface area (Å²) in [6, 6.07) is 6.16. The number of likely N-dealkylation sites (N-methyl/N-ethyl adjacent to an activating group) is 1. The molecule has 1 aliphatic rings. The van der Waals surface area contributed by atoms with Gasteiger partial charge >= 0.3 is 0 Å². The van der Waals surface area contributed by atoms with Crippen molar-refractivity contribution in [3.05, 3.63) is 23.8 Å². The van der Waals surface area contributed by atoms with E-state index in [1.165, 1.54) is 10.5 Å². The fourth-order valence-corrected chi connectivity index (χ4v) is 3.33. The van der Waals surface area contributed by atoms with Crippen LogP contribution >= 0.6 is 0 Å². The molecule has 0 radical (unpaired) electrons. The molecule has 1 aromatic carbocycles. The Hall–Kier alpha value is -1.79. The second-order valence-corrected chi connectivity index (χ2v) is 6.39. The van der Waals surface area contributed by atoms with Crippen molar-refractivity contribution < 1.29 is 24.1 Å². The van der Waals surface area contributed by atoms with Crippen molar-refractivity contribution in [1.29, 1.82) is 0 Å². The third-order valence-corrected chi connectivity index (χ3v) is 4.86. The van der Waals surface area contributed by atoms with Crippen molar-refractivity contribution >= 4 is 5.91 Å². The van der Waals surface area contributed by atoms with Crippen LogP contribution in [0, 0.1) is 0 Å². The van der Waals surface area contributed by atoms with Gasteiger partial charge in [0.25, 0.3) is 5.91 Å². The molecular weight excluding hydrogens is 306 g/mol. The number of hydrogen-bond donors (Lipinski definition) is 3. The highest BCUT2D eigenvalue weighted by Crippen LogP contribution is 2.27. The highest BCUT2D eigenvalue weighted by Gasteiger charge is 2.30. The Morgan fingerprint density at radius 3 is 2.42 bits per heavy atom. The maximum absolute atomic E-state index is 12.0. The van der Waals surface area contributed by atoms with E-state index in [2.05, 4.69) is 17.4 Å². The average Bonchev–Trinajstić information content (AvgIpc) is 2.61. The molecule has 6 nitrogen and oxygen atoms in total. The minimum absolute atomic E-state index is 0.0348. The zero-order valence-corrected chi connectivity index (χ0v) is 15.3. The lowest BCUT2D eigenvalue weighted by Crippen LogP contribution is -3.29. The Kier molecular flexibility index (Phi) is 6.87. The zero-order valence-electron chi connectivity index (χ0n) is 15.3. The van der Waals surface area contributed by atoms with Crippen molar-refractivity contribution in [2.24, 2.45) is 0 Å². The van der Waals surface area contributed by atoms with Gasteiger partial charge in [-0.2, -0.15) is 0 Å². The van der Waals surface area contributed by atoms with E-state index in [1.807, 2.05) is 19.9 Å². The number of ether oxygens (including phenoxy) is 2. The van der Waals surface area contributed by atoms with Crippen LogP contribution in [0.3, 0.4) is 0 Å². The predicted molar refractivity (Wildman–Crippen MR) is 92.8 cm³/mol. The van der Waals surface area contributed by atoms with E-state index in [1.54, 1.807) is 19.1 Å². The van der Waals surface area contributed by atoms with E-state index in [4.69, 9.17) is 9.47 Å². The van der Waals surface area contributed by atoms with E-state index in [-0.39, 0.29) is 11.9 Å². The number of methoxy groups -OCH3 is 2. The van der Waals surface area contributed by atoms with Gasteiger partial charge < -0.3 is 24.6 Å². The number of quaternary nitrogens is 2. The number of rotatable bonds is 7. The van der Waals surface area contributed by atoms with Gasteiger partial charge in [-0.15, -0.1) is 0 Å². The summed E-state index contributed by atoms with van der Waals surface area (Å²) in [4.78, 5) is 14.9. The maximum atomic E-state index is 12.0. The van der Waals surface area contributed by atoms with Crippen LogP contribution in [0.4, 0.5) is 0 Å². The minimum Gasteiger partial charge on any atom is -0.493 e. The smallest absolute Gasteiger partial charge is 0.278 e. The van der Waals surface area contributed by atoms with Crippen molar-refractivity contribution in [3.63, 3.8) is 0 Å². The first kappa shape index (κ1) is 18.5. The standard InChI is InChI=1S/C18H29N3O3/c1-5-19-18(22)14(2)21-10-8-20(9-11-21)13-15-6-7-16(23-3)17(12-15)24-4/h6-7,12,14H,5,8-11,13H2,1-4H3,(H,19,22)/p+2/t14-/m1/s1. The fraction of sp³-hybridized carbons (Fsp3) is 0.611. The van der Waals surface area contributed by atoms with Gasteiger partial charge in [-0.25, -0.2) is 0 Å². The van der Waals surface area contributed by atoms with Crippen molar-refractivity contribution in [2.75, 3.05) is 46.9 Å². The number of benzene rings is 1. The van der Waals surface area contributed by atoms with Crippen LogP contribution in [-0.2, 0) is 11.3 Å². The summed E-state index contributed by atoms with van der Waals surface area (Å²) in [5, 5.41) is 2.92. The average molecular weight is 337 g/mol. The van der Waals surface area contributed by atoms with Gasteiger partial charge in [-0.1, -0.05) is 0 Å². The second kappa shape index (κ2) is 8.89. The number of carbonyl (C=O) groups is 1. The number of carbonyl (C=O) groups excluding carboxylic acids is 1. The molecule has 1 saturated heterocycles. The molecule has 24 heavy (non-hydrogen) atoms. The molecule has 0 unspecified atom stereocenters. The van der Waals surface area contributed by atoms with Gasteiger partial charge in [-0.05, 0) is 32.0 Å². The van der Waals surface area contributed by atoms with E-state index >= 15 is 0 Å². The summed E-state index contributed by atoms with van der Waals surface area (Å²) in [6.07, 6.45) is 0. The Balaban J connectivity index is 1.88. The molecule has 1 atom stereocenters. The molecule has 3 N–H and O–H groups in total. The monoisotopic (exact) mass is 337 g/mol. The molecule has 2 rings (SSSR count). The lowest BCUT2D eigenvalue weighted by molar-refractivity contribution is -1.02. The fourth-order valence-electron chi connectivity index (χ4n) is 3.33. The predicted octanol–water partition coefficient (Wildman–Crippen LogP) is -1.49. The Bertz CT molecular complexity index is 542. The lowest BCUT2D eigenvalue weighted by atomic mass is 10.1. The van der Waals surface area contributed by atoms with Crippen LogP contribution in [0.5, 0.6) is 11.5 Å². The number of nitrogens with one attached hydrogen (secondary N) is 3. The Labute approximate surface area is 144 Å². The van der Waals surface area contributed by atoms with Crippen molar-refractivity contribution in [3.8, 4) is 11.5 Å². The summed E-state index contributed by atoms with van der Waals surface area (Å²) in [5.74, 6) is 1.71. The molecule has 0 saturated carbocycles. The molecule has 1 amide bonds. The Morgan fingerprint density at radius 2 is 1.83 bits per heavy atom. The quantitative estimate of drug-likeness (QED) is 0.568. The van der Waals surface area contributed by atoms with E-state index in [9.17, 15) is 4.79 Å². The number of piperazine rings is 1. The largest absolute Gasteiger partial charge is 0.493 e. The SMILES string of the molecule is CCNC(=O)[C@@H](C)[NH+]1CC[NH+](Cc2ccc(OC)c(OC)c2)CC1. The van der Waals surface area contributed by atoms with Gasteiger partial charge in [0.05, 0.1) is 14.2 Å². The van der Waals surface area contributed by atoms with Crippen LogP contribution in [0.25, 0.3) is 0 Å². The van der Waals surface area contributed by atoms with Crippen LogP contribution < -0.4 is 24.6 Å². The first-order valence-electron chi connectivity index (χ1n) is 8.75. The van der Waals surface area contributed by atoms with E-state index in [0.29, 0.717) is 6.54 Å². The van der Waals surface area contributed by atoms with Crippen LogP contribution in [0.1, 0.15) is 19.4 Å². The summed E-state index contributed by atoms with van der Waals surface area (Å²) in [6.45, 7) is 9.88. The highest BCUT2D eigenvalue weighted by atomic mass is 16.5. The number of amides is 1. The molecule has 134 valence electrons. The van der Waals surface area contributed by atoms with Gasteiger partial charge in [-0.3, -0.25) is 4.79 Å². The second-order valence-electron chi connectivity index (χ2n) is 6.39. The zero-order chi connectivity index (χ0) is 17.5. The minimum atomic E-state index is 0.0348. The van der Waals surface area contributed by atoms with Crippen LogP contribution in [-0.4, -0.2) is 58.9 Å². The molecule has 1 heterocycles. The molecule has 1 aliphatic heterocycles. The van der Waals surface area contributed by atoms with E-state index in [0.717, 1.165) is 44.2 Å².